The van der Waals surface area contributed by atoms with Crippen LogP contribution in [0.15, 0.2) is 71.7 Å². The number of benzene rings is 2. The molecule has 1 heterocycles. The Bertz CT molecular complexity index is 974. The van der Waals surface area contributed by atoms with Gasteiger partial charge in [0.1, 0.15) is 0 Å². The maximum atomic E-state index is 12.4. The molecule has 0 radical (unpaired) electrons. The Morgan fingerprint density at radius 1 is 0.920 bits per heavy atom. The van der Waals surface area contributed by atoms with Crippen LogP contribution < -0.4 is 10.9 Å². The van der Waals surface area contributed by atoms with Crippen LogP contribution in [0.3, 0.4) is 0 Å². The van der Waals surface area contributed by atoms with E-state index in [9.17, 15) is 14.4 Å². The zero-order valence-electron chi connectivity index (χ0n) is 13.6. The van der Waals surface area contributed by atoms with Crippen molar-refractivity contribution >= 4 is 17.4 Å². The summed E-state index contributed by atoms with van der Waals surface area (Å²) >= 11 is 0. The van der Waals surface area contributed by atoms with Crippen LogP contribution in [0.2, 0.25) is 0 Å². The summed E-state index contributed by atoms with van der Waals surface area (Å²) in [6.45, 7) is 1.49. The van der Waals surface area contributed by atoms with Crippen molar-refractivity contribution in [1.29, 1.82) is 0 Å². The van der Waals surface area contributed by atoms with Crippen LogP contribution in [-0.2, 0) is 0 Å². The maximum absolute atomic E-state index is 12.4. The van der Waals surface area contributed by atoms with Crippen LogP contribution in [0.4, 0.5) is 5.69 Å². The van der Waals surface area contributed by atoms with E-state index in [0.717, 1.165) is 5.56 Å². The van der Waals surface area contributed by atoms with Gasteiger partial charge in [0.05, 0.1) is 5.56 Å². The third-order valence-corrected chi connectivity index (χ3v) is 3.80. The molecule has 0 aliphatic carbocycles. The molecule has 0 saturated heterocycles. The summed E-state index contributed by atoms with van der Waals surface area (Å²) in [5, 5.41) is 2.75. The number of carbonyl (C=O) groups excluding carboxylic acids is 2. The first-order valence-corrected chi connectivity index (χ1v) is 7.75. The Kier molecular flexibility index (Phi) is 4.57. The van der Waals surface area contributed by atoms with Gasteiger partial charge in [-0.25, -0.2) is 0 Å². The highest BCUT2D eigenvalue weighted by Gasteiger charge is 2.11. The fourth-order valence-corrected chi connectivity index (χ4v) is 2.44. The predicted octanol–water partition coefficient (Wildman–Crippen LogP) is 3.50. The van der Waals surface area contributed by atoms with Crippen LogP contribution in [0, 0.1) is 0 Å². The quantitative estimate of drug-likeness (QED) is 0.718. The van der Waals surface area contributed by atoms with Crippen molar-refractivity contribution in [1.82, 2.24) is 4.98 Å². The minimum Gasteiger partial charge on any atom is -0.328 e. The molecule has 3 rings (SSSR count). The summed E-state index contributed by atoms with van der Waals surface area (Å²) in [7, 11) is 0. The van der Waals surface area contributed by atoms with Gasteiger partial charge < -0.3 is 10.3 Å². The number of ketones is 1. The van der Waals surface area contributed by atoms with E-state index in [4.69, 9.17) is 0 Å². The van der Waals surface area contributed by atoms with Gasteiger partial charge in [-0.05, 0) is 42.8 Å². The number of aromatic amines is 1. The maximum Gasteiger partial charge on any atom is 0.257 e. The summed E-state index contributed by atoms with van der Waals surface area (Å²) in [6.07, 6.45) is 1.38. The van der Waals surface area contributed by atoms with Gasteiger partial charge in [0, 0.05) is 23.0 Å². The van der Waals surface area contributed by atoms with Gasteiger partial charge in [-0.1, -0.05) is 30.3 Å². The molecule has 0 atom stereocenters. The van der Waals surface area contributed by atoms with E-state index in [1.54, 1.807) is 30.3 Å². The first-order valence-electron chi connectivity index (χ1n) is 7.75. The number of hydrogen-bond donors (Lipinski definition) is 2. The lowest BCUT2D eigenvalue weighted by Crippen LogP contribution is -2.16. The lowest BCUT2D eigenvalue weighted by atomic mass is 10.1. The Morgan fingerprint density at radius 3 is 2.24 bits per heavy atom. The molecule has 5 nitrogen and oxygen atoms in total. The standard InChI is InChI=1S/C20H16N2O3/c1-13(23)14-7-9-17(10-8-14)22-19(24)16-11-18(20(25)21-12-16)15-5-3-2-4-6-15/h2-12H,1H3,(H,21,25)(H,22,24). The van der Waals surface area contributed by atoms with Gasteiger partial charge in [0.2, 0.25) is 0 Å². The number of H-pyrrole nitrogens is 1. The Balaban J connectivity index is 1.85. The monoisotopic (exact) mass is 332 g/mol. The molecule has 124 valence electrons. The van der Waals surface area contributed by atoms with Crippen molar-refractivity contribution in [2.45, 2.75) is 6.92 Å². The average Bonchev–Trinajstić information content (AvgIpc) is 2.63. The SMILES string of the molecule is CC(=O)c1ccc(NC(=O)c2c[nH]c(=O)c(-c3ccccc3)c2)cc1. The van der Waals surface area contributed by atoms with Gasteiger partial charge >= 0.3 is 0 Å². The number of rotatable bonds is 4. The van der Waals surface area contributed by atoms with Crippen LogP contribution >= 0.6 is 0 Å². The fourth-order valence-electron chi connectivity index (χ4n) is 2.44. The molecule has 0 fully saturated rings. The summed E-state index contributed by atoms with van der Waals surface area (Å²) in [5.41, 5.74) is 2.41. The van der Waals surface area contributed by atoms with E-state index in [1.807, 2.05) is 30.3 Å². The highest BCUT2D eigenvalue weighted by atomic mass is 16.2. The predicted molar refractivity (Wildman–Crippen MR) is 96.9 cm³/mol. The van der Waals surface area contributed by atoms with E-state index < -0.39 is 0 Å². The molecular weight excluding hydrogens is 316 g/mol. The van der Waals surface area contributed by atoms with E-state index >= 15 is 0 Å². The highest BCUT2D eigenvalue weighted by molar-refractivity contribution is 6.05. The van der Waals surface area contributed by atoms with Gasteiger partial charge in [-0.3, -0.25) is 14.4 Å². The fraction of sp³-hybridized carbons (Fsp3) is 0.0500. The first kappa shape index (κ1) is 16.4. The molecular formula is C20H16N2O3. The lowest BCUT2D eigenvalue weighted by molar-refractivity contribution is 0.101. The zero-order chi connectivity index (χ0) is 17.8. The van der Waals surface area contributed by atoms with Crippen LogP contribution in [-0.4, -0.2) is 16.7 Å². The highest BCUT2D eigenvalue weighted by Crippen LogP contribution is 2.17. The second-order valence-electron chi connectivity index (χ2n) is 5.58. The third-order valence-electron chi connectivity index (χ3n) is 3.80. The molecule has 1 aromatic heterocycles. The molecule has 5 heteroatoms. The molecule has 0 bridgehead atoms. The van der Waals surface area contributed by atoms with E-state index in [2.05, 4.69) is 10.3 Å². The second kappa shape index (κ2) is 6.97. The van der Waals surface area contributed by atoms with Gasteiger partial charge in [0.25, 0.3) is 11.5 Å². The minimum atomic E-state index is -0.344. The number of nitrogens with one attached hydrogen (secondary N) is 2. The number of anilines is 1. The van der Waals surface area contributed by atoms with Crippen LogP contribution in [0.25, 0.3) is 11.1 Å². The van der Waals surface area contributed by atoms with E-state index in [-0.39, 0.29) is 17.2 Å². The summed E-state index contributed by atoms with van der Waals surface area (Å²) in [4.78, 5) is 38.3. The largest absolute Gasteiger partial charge is 0.328 e. The van der Waals surface area contributed by atoms with Gasteiger partial charge in [0.15, 0.2) is 5.78 Å². The molecule has 0 aliphatic heterocycles. The Labute approximate surface area is 144 Å². The molecule has 0 unspecified atom stereocenters. The number of hydrogen-bond acceptors (Lipinski definition) is 3. The summed E-state index contributed by atoms with van der Waals surface area (Å²) in [5.74, 6) is -0.380. The van der Waals surface area contributed by atoms with Crippen LogP contribution in [0.1, 0.15) is 27.6 Å². The van der Waals surface area contributed by atoms with E-state index in [0.29, 0.717) is 22.4 Å². The second-order valence-corrected chi connectivity index (χ2v) is 5.58. The summed E-state index contributed by atoms with van der Waals surface area (Å²) in [6, 6.07) is 17.3. The van der Waals surface area contributed by atoms with E-state index in [1.165, 1.54) is 13.1 Å². The number of pyridine rings is 1. The number of carbonyl (C=O) groups is 2. The molecule has 0 aliphatic rings. The third kappa shape index (κ3) is 3.72. The van der Waals surface area contributed by atoms with Crippen LogP contribution in [0.5, 0.6) is 0 Å². The smallest absolute Gasteiger partial charge is 0.257 e. The van der Waals surface area contributed by atoms with Crippen molar-refractivity contribution < 1.29 is 9.59 Å². The topological polar surface area (TPSA) is 79.0 Å². The van der Waals surface area contributed by atoms with Crippen molar-refractivity contribution in [2.24, 2.45) is 0 Å². The van der Waals surface area contributed by atoms with Crippen molar-refractivity contribution in [3.8, 4) is 11.1 Å². The number of aromatic nitrogens is 1. The Morgan fingerprint density at radius 2 is 1.60 bits per heavy atom. The van der Waals surface area contributed by atoms with Gasteiger partial charge in [-0.2, -0.15) is 0 Å². The number of Topliss-reactive ketones (excluding diaryl/α,β-unsaturated/α-hetero) is 1. The van der Waals surface area contributed by atoms with Crippen molar-refractivity contribution in [3.63, 3.8) is 0 Å². The Hall–Kier alpha value is -3.47. The normalized spacial score (nSPS) is 10.3. The van der Waals surface area contributed by atoms with Crippen molar-refractivity contribution in [3.05, 3.63) is 88.3 Å². The summed E-state index contributed by atoms with van der Waals surface area (Å²) < 4.78 is 0. The van der Waals surface area contributed by atoms with Gasteiger partial charge in [-0.15, -0.1) is 0 Å². The lowest BCUT2D eigenvalue weighted by Gasteiger charge is -2.07. The molecule has 1 amide bonds. The molecule has 2 N–H and O–H groups in total. The minimum absolute atomic E-state index is 0.0361. The molecule has 0 saturated carbocycles. The first-order chi connectivity index (χ1) is 12.0. The molecule has 25 heavy (non-hydrogen) atoms. The molecule has 3 aromatic rings. The van der Waals surface area contributed by atoms with Crippen molar-refractivity contribution in [2.75, 3.05) is 5.32 Å². The molecule has 2 aromatic carbocycles. The molecule has 0 spiro atoms. The zero-order valence-corrected chi connectivity index (χ0v) is 13.6. The average molecular weight is 332 g/mol. The number of amides is 1.